The van der Waals surface area contributed by atoms with Gasteiger partial charge in [-0.3, -0.25) is 4.90 Å². The van der Waals surface area contributed by atoms with E-state index in [0.29, 0.717) is 0 Å². The van der Waals surface area contributed by atoms with Crippen LogP contribution in [-0.2, 0) is 18.8 Å². The molecular formula is C20H25N5OS. The Balaban J connectivity index is 1.56. The van der Waals surface area contributed by atoms with Gasteiger partial charge in [0.1, 0.15) is 11.6 Å². The molecule has 0 amide bonds. The van der Waals surface area contributed by atoms with Crippen molar-refractivity contribution >= 4 is 11.8 Å². The van der Waals surface area contributed by atoms with Crippen LogP contribution in [0.2, 0.25) is 0 Å². The predicted molar refractivity (Wildman–Crippen MR) is 106 cm³/mol. The van der Waals surface area contributed by atoms with Gasteiger partial charge in [-0.1, -0.05) is 47.3 Å². The summed E-state index contributed by atoms with van der Waals surface area (Å²) in [4.78, 5) is 2.47. The fourth-order valence-corrected chi connectivity index (χ4v) is 4.56. The van der Waals surface area contributed by atoms with Gasteiger partial charge in [-0.15, -0.1) is 10.2 Å². The van der Waals surface area contributed by atoms with Crippen LogP contribution in [0.3, 0.4) is 0 Å². The van der Waals surface area contributed by atoms with E-state index in [-0.39, 0.29) is 0 Å². The number of likely N-dealkylation sites (tertiary alicyclic amines) is 1. The third-order valence-electron chi connectivity index (χ3n) is 5.07. The molecule has 6 nitrogen and oxygen atoms in total. The zero-order chi connectivity index (χ0) is 18.6. The van der Waals surface area contributed by atoms with Crippen LogP contribution >= 0.6 is 11.8 Å². The van der Waals surface area contributed by atoms with Crippen LogP contribution in [0, 0.1) is 13.8 Å². The van der Waals surface area contributed by atoms with Crippen LogP contribution in [0.5, 0.6) is 0 Å². The summed E-state index contributed by atoms with van der Waals surface area (Å²) >= 11 is 1.70. The van der Waals surface area contributed by atoms with E-state index >= 15 is 0 Å². The second-order valence-corrected chi connectivity index (χ2v) is 7.99. The first-order valence-corrected chi connectivity index (χ1v) is 10.4. The lowest BCUT2D eigenvalue weighted by atomic mass is 10.2. The maximum Gasteiger partial charge on any atom is 0.191 e. The first kappa shape index (κ1) is 18.3. The molecule has 0 aliphatic carbocycles. The minimum atomic E-state index is 0.789. The first-order valence-electron chi connectivity index (χ1n) is 9.43. The summed E-state index contributed by atoms with van der Waals surface area (Å²) in [5.41, 5.74) is 3.36. The van der Waals surface area contributed by atoms with Crippen molar-refractivity contribution in [2.45, 2.75) is 50.7 Å². The van der Waals surface area contributed by atoms with Crippen LogP contribution in [-0.4, -0.2) is 37.9 Å². The maximum absolute atomic E-state index is 5.29. The summed E-state index contributed by atoms with van der Waals surface area (Å²) in [6.45, 7) is 7.91. The Morgan fingerprint density at radius 3 is 2.52 bits per heavy atom. The van der Waals surface area contributed by atoms with E-state index in [1.807, 2.05) is 19.9 Å². The molecule has 2 aromatic heterocycles. The normalized spacial score (nSPS) is 14.9. The molecule has 0 bridgehead atoms. The topological polar surface area (TPSA) is 60.0 Å². The molecule has 1 saturated heterocycles. The van der Waals surface area contributed by atoms with Gasteiger partial charge in [0.05, 0.1) is 18.8 Å². The van der Waals surface area contributed by atoms with Crippen molar-refractivity contribution in [2.24, 2.45) is 0 Å². The number of benzene rings is 1. The molecule has 3 aromatic rings. The summed E-state index contributed by atoms with van der Waals surface area (Å²) < 4.78 is 7.55. The number of thioether (sulfide) groups is 1. The smallest absolute Gasteiger partial charge is 0.191 e. The molecule has 0 saturated carbocycles. The van der Waals surface area contributed by atoms with E-state index in [0.717, 1.165) is 59.9 Å². The molecular weight excluding hydrogens is 358 g/mol. The molecule has 7 heteroatoms. The second kappa shape index (κ2) is 8.27. The summed E-state index contributed by atoms with van der Waals surface area (Å²) in [6.07, 6.45) is 2.56. The molecule has 0 N–H and O–H groups in total. The van der Waals surface area contributed by atoms with E-state index in [9.17, 15) is 0 Å². The lowest BCUT2D eigenvalue weighted by Crippen LogP contribution is -2.21. The van der Waals surface area contributed by atoms with Crippen molar-refractivity contribution in [3.8, 4) is 0 Å². The van der Waals surface area contributed by atoms with Gasteiger partial charge in [0, 0.05) is 11.3 Å². The van der Waals surface area contributed by atoms with Crippen LogP contribution in [0.1, 0.15) is 41.2 Å². The first-order chi connectivity index (χ1) is 13.2. The number of hydrogen-bond donors (Lipinski definition) is 0. The highest BCUT2D eigenvalue weighted by Crippen LogP contribution is 2.27. The summed E-state index contributed by atoms with van der Waals surface area (Å²) in [6, 6.07) is 10.5. The Morgan fingerprint density at radius 2 is 1.81 bits per heavy atom. The Kier molecular flexibility index (Phi) is 5.59. The Labute approximate surface area is 163 Å². The SMILES string of the molecule is Cc1noc(C)c1CSc1nnc(CN2CCCC2)n1Cc1ccccc1. The standard InChI is InChI=1S/C20H25N5OS/c1-15-18(16(2)26-23-15)14-27-20-22-21-19(13-24-10-6-7-11-24)25(20)12-17-8-4-3-5-9-17/h3-5,8-9H,6-7,10-14H2,1-2H3. The van der Waals surface area contributed by atoms with Gasteiger partial charge in [-0.2, -0.15) is 0 Å². The molecule has 1 aliphatic heterocycles. The van der Waals surface area contributed by atoms with Crippen molar-refractivity contribution in [2.75, 3.05) is 13.1 Å². The average Bonchev–Trinajstić information content (AvgIpc) is 3.39. The number of nitrogens with zero attached hydrogens (tertiary/aromatic N) is 5. The lowest BCUT2D eigenvalue weighted by Gasteiger charge is -2.16. The molecule has 0 atom stereocenters. The highest BCUT2D eigenvalue weighted by atomic mass is 32.2. The number of aromatic nitrogens is 4. The fourth-order valence-electron chi connectivity index (χ4n) is 3.45. The lowest BCUT2D eigenvalue weighted by molar-refractivity contribution is 0.316. The average molecular weight is 384 g/mol. The highest BCUT2D eigenvalue weighted by molar-refractivity contribution is 7.98. The van der Waals surface area contributed by atoms with E-state index < -0.39 is 0 Å². The van der Waals surface area contributed by atoms with Crippen LogP contribution in [0.15, 0.2) is 40.0 Å². The van der Waals surface area contributed by atoms with E-state index in [1.165, 1.54) is 18.4 Å². The van der Waals surface area contributed by atoms with Gasteiger partial charge < -0.3 is 9.09 Å². The molecule has 1 aliphatic rings. The molecule has 1 fully saturated rings. The third kappa shape index (κ3) is 4.25. The molecule has 1 aromatic carbocycles. The molecule has 0 unspecified atom stereocenters. The van der Waals surface area contributed by atoms with Gasteiger partial charge in [-0.05, 0) is 45.3 Å². The quantitative estimate of drug-likeness (QED) is 0.578. The zero-order valence-electron chi connectivity index (χ0n) is 15.9. The van der Waals surface area contributed by atoms with Gasteiger partial charge >= 0.3 is 0 Å². The monoisotopic (exact) mass is 383 g/mol. The Bertz CT molecular complexity index is 864. The molecule has 0 radical (unpaired) electrons. The maximum atomic E-state index is 5.29. The van der Waals surface area contributed by atoms with Crippen LogP contribution in [0.4, 0.5) is 0 Å². The van der Waals surface area contributed by atoms with E-state index in [1.54, 1.807) is 11.8 Å². The van der Waals surface area contributed by atoms with Crippen LogP contribution < -0.4 is 0 Å². The molecule has 3 heterocycles. The van der Waals surface area contributed by atoms with Crippen molar-refractivity contribution in [1.82, 2.24) is 24.8 Å². The van der Waals surface area contributed by atoms with E-state index in [2.05, 4.69) is 49.1 Å². The predicted octanol–water partition coefficient (Wildman–Crippen LogP) is 3.82. The fraction of sp³-hybridized carbons (Fsp3) is 0.450. The molecule has 27 heavy (non-hydrogen) atoms. The number of rotatable bonds is 7. The minimum Gasteiger partial charge on any atom is -0.361 e. The van der Waals surface area contributed by atoms with Crippen molar-refractivity contribution in [3.05, 3.63) is 58.7 Å². The van der Waals surface area contributed by atoms with Gasteiger partial charge in [-0.25, -0.2) is 0 Å². The minimum absolute atomic E-state index is 0.789. The third-order valence-corrected chi connectivity index (χ3v) is 6.06. The van der Waals surface area contributed by atoms with Gasteiger partial charge in [0.15, 0.2) is 5.16 Å². The molecule has 4 rings (SSSR count). The summed E-state index contributed by atoms with van der Waals surface area (Å²) in [5, 5.41) is 14.0. The Hall–Kier alpha value is -2.12. The number of hydrogen-bond acceptors (Lipinski definition) is 6. The largest absolute Gasteiger partial charge is 0.361 e. The zero-order valence-corrected chi connectivity index (χ0v) is 16.7. The highest BCUT2D eigenvalue weighted by Gasteiger charge is 2.19. The van der Waals surface area contributed by atoms with Gasteiger partial charge in [0.2, 0.25) is 0 Å². The summed E-state index contributed by atoms with van der Waals surface area (Å²) in [5.74, 6) is 2.71. The molecule has 142 valence electrons. The van der Waals surface area contributed by atoms with Crippen molar-refractivity contribution < 1.29 is 4.52 Å². The van der Waals surface area contributed by atoms with E-state index in [4.69, 9.17) is 4.52 Å². The van der Waals surface area contributed by atoms with Gasteiger partial charge in [0.25, 0.3) is 0 Å². The van der Waals surface area contributed by atoms with Crippen LogP contribution in [0.25, 0.3) is 0 Å². The Morgan fingerprint density at radius 1 is 1.04 bits per heavy atom. The second-order valence-electron chi connectivity index (χ2n) is 7.05. The summed E-state index contributed by atoms with van der Waals surface area (Å²) in [7, 11) is 0. The van der Waals surface area contributed by atoms with Crippen molar-refractivity contribution in [1.29, 1.82) is 0 Å². The number of aryl methyl sites for hydroxylation is 2. The molecule has 0 spiro atoms. The van der Waals surface area contributed by atoms with Crippen molar-refractivity contribution in [3.63, 3.8) is 0 Å².